The Morgan fingerprint density at radius 1 is 0.979 bits per heavy atom. The third kappa shape index (κ3) is 7.09. The van der Waals surface area contributed by atoms with Gasteiger partial charge < -0.3 is 29.2 Å². The summed E-state index contributed by atoms with van der Waals surface area (Å²) in [6.07, 6.45) is 5.03. The lowest BCUT2D eigenvalue weighted by atomic mass is 10.0. The zero-order chi connectivity index (χ0) is 33.1. The lowest BCUT2D eigenvalue weighted by Crippen LogP contribution is -2.27. The molecule has 3 aromatic heterocycles. The maximum atomic E-state index is 15.5. The first-order valence-electron chi connectivity index (χ1n) is 15.2. The first kappa shape index (κ1) is 31.7. The highest BCUT2D eigenvalue weighted by molar-refractivity contribution is 5.94. The number of hydrogen-bond donors (Lipinski definition) is 2. The fraction of sp³-hybridized carbons (Fsp3) is 0.216. The van der Waals surface area contributed by atoms with E-state index in [4.69, 9.17) is 14.2 Å². The molecule has 0 saturated heterocycles. The standard InChI is InChI=1S/C37H35FN4O5/c1-23-6-5-7-24(18-23)28-21-42(16-17-45-4)31-12-14-40-36(34(31)35(28)43)41-25-8-11-33(29(38)19-25)47-32-13-15-39-30-20-26(9-10-27(30)32)46-22-37(2,3)44/h5-15,18-21,44H,16-17,22H2,1-4H3,(H,40,41). The summed E-state index contributed by atoms with van der Waals surface area (Å²) in [7, 11) is 1.63. The highest BCUT2D eigenvalue weighted by atomic mass is 19.1. The molecule has 0 amide bonds. The van der Waals surface area contributed by atoms with Crippen molar-refractivity contribution in [2.24, 2.45) is 0 Å². The second-order valence-electron chi connectivity index (χ2n) is 11.9. The smallest absolute Gasteiger partial charge is 0.200 e. The molecule has 0 saturated carbocycles. The third-order valence-electron chi connectivity index (χ3n) is 7.54. The van der Waals surface area contributed by atoms with Crippen LogP contribution in [0.3, 0.4) is 0 Å². The second kappa shape index (κ2) is 13.2. The molecular formula is C37H35FN4O5. The van der Waals surface area contributed by atoms with E-state index >= 15 is 4.39 Å². The first-order chi connectivity index (χ1) is 22.6. The predicted molar refractivity (Wildman–Crippen MR) is 181 cm³/mol. The minimum Gasteiger partial charge on any atom is -0.491 e. The number of methoxy groups -OCH3 is 1. The Morgan fingerprint density at radius 3 is 2.57 bits per heavy atom. The van der Waals surface area contributed by atoms with Gasteiger partial charge in [-0.25, -0.2) is 9.37 Å². The molecule has 3 aromatic carbocycles. The number of hydrogen-bond acceptors (Lipinski definition) is 8. The number of nitrogens with one attached hydrogen (secondary N) is 1. The van der Waals surface area contributed by atoms with Crippen molar-refractivity contribution < 1.29 is 23.7 Å². The van der Waals surface area contributed by atoms with Crippen molar-refractivity contribution in [2.45, 2.75) is 32.9 Å². The van der Waals surface area contributed by atoms with Gasteiger partial charge in [0, 0.05) is 61.0 Å². The summed E-state index contributed by atoms with van der Waals surface area (Å²) in [5, 5.41) is 14.2. The van der Waals surface area contributed by atoms with Gasteiger partial charge in [-0.05, 0) is 62.7 Å². The highest BCUT2D eigenvalue weighted by Gasteiger charge is 2.18. The Bertz CT molecular complexity index is 2140. The van der Waals surface area contributed by atoms with Crippen molar-refractivity contribution in [3.63, 3.8) is 0 Å². The number of benzene rings is 3. The van der Waals surface area contributed by atoms with E-state index in [2.05, 4.69) is 15.3 Å². The Labute approximate surface area is 271 Å². The number of aryl methyl sites for hydroxylation is 1. The number of aromatic nitrogens is 3. The monoisotopic (exact) mass is 634 g/mol. The maximum absolute atomic E-state index is 15.5. The molecular weight excluding hydrogens is 599 g/mol. The van der Waals surface area contributed by atoms with Crippen molar-refractivity contribution in [1.29, 1.82) is 0 Å². The van der Waals surface area contributed by atoms with Crippen LogP contribution < -0.4 is 20.2 Å². The van der Waals surface area contributed by atoms with Gasteiger partial charge in [-0.1, -0.05) is 29.8 Å². The van der Waals surface area contributed by atoms with E-state index in [-0.39, 0.29) is 17.8 Å². The largest absolute Gasteiger partial charge is 0.491 e. The van der Waals surface area contributed by atoms with Crippen molar-refractivity contribution in [1.82, 2.24) is 14.5 Å². The van der Waals surface area contributed by atoms with Crippen LogP contribution in [-0.2, 0) is 11.3 Å². The van der Waals surface area contributed by atoms with Crippen LogP contribution >= 0.6 is 0 Å². The van der Waals surface area contributed by atoms with Gasteiger partial charge in [0.15, 0.2) is 11.6 Å². The molecule has 0 radical (unpaired) electrons. The minimum absolute atomic E-state index is 0.0138. The molecule has 0 bridgehead atoms. The molecule has 3 heterocycles. The Balaban J connectivity index is 1.31. The summed E-state index contributed by atoms with van der Waals surface area (Å²) in [5.74, 6) is 0.677. The third-order valence-corrected chi connectivity index (χ3v) is 7.54. The topological polar surface area (TPSA) is 108 Å². The highest BCUT2D eigenvalue weighted by Crippen LogP contribution is 2.34. The normalized spacial score (nSPS) is 11.6. The molecule has 240 valence electrons. The fourth-order valence-electron chi connectivity index (χ4n) is 5.28. The zero-order valence-electron chi connectivity index (χ0n) is 26.6. The molecule has 0 aliphatic heterocycles. The van der Waals surface area contributed by atoms with E-state index in [0.29, 0.717) is 63.5 Å². The average Bonchev–Trinajstić information content (AvgIpc) is 3.04. The lowest BCUT2D eigenvalue weighted by Gasteiger charge is -2.18. The number of ether oxygens (including phenoxy) is 3. The van der Waals surface area contributed by atoms with E-state index < -0.39 is 11.4 Å². The van der Waals surface area contributed by atoms with Crippen LogP contribution in [0.4, 0.5) is 15.9 Å². The number of nitrogens with zero attached hydrogens (tertiary/aromatic N) is 3. The summed E-state index contributed by atoms with van der Waals surface area (Å²) in [4.78, 5) is 22.8. The zero-order valence-corrected chi connectivity index (χ0v) is 26.6. The van der Waals surface area contributed by atoms with Gasteiger partial charge in [0.25, 0.3) is 0 Å². The molecule has 0 unspecified atom stereocenters. The Morgan fingerprint density at radius 2 is 1.81 bits per heavy atom. The minimum atomic E-state index is -0.983. The number of pyridine rings is 3. The average molecular weight is 635 g/mol. The number of fused-ring (bicyclic) bond motifs is 2. The van der Waals surface area contributed by atoms with Gasteiger partial charge >= 0.3 is 0 Å². The quantitative estimate of drug-likeness (QED) is 0.152. The first-order valence-corrected chi connectivity index (χ1v) is 15.2. The van der Waals surface area contributed by atoms with Crippen LogP contribution in [0.5, 0.6) is 17.2 Å². The molecule has 2 N–H and O–H groups in total. The fourth-order valence-corrected chi connectivity index (χ4v) is 5.28. The second-order valence-corrected chi connectivity index (χ2v) is 11.9. The van der Waals surface area contributed by atoms with E-state index in [1.165, 1.54) is 12.1 Å². The molecule has 0 aliphatic carbocycles. The van der Waals surface area contributed by atoms with Gasteiger partial charge in [0.2, 0.25) is 5.43 Å². The van der Waals surface area contributed by atoms with E-state index in [9.17, 15) is 9.90 Å². The maximum Gasteiger partial charge on any atom is 0.200 e. The molecule has 0 fully saturated rings. The van der Waals surface area contributed by atoms with Gasteiger partial charge in [0.05, 0.1) is 28.6 Å². The van der Waals surface area contributed by atoms with Crippen molar-refractivity contribution in [3.05, 3.63) is 113 Å². The number of aliphatic hydroxyl groups is 1. The Hall–Kier alpha value is -5.32. The number of rotatable bonds is 11. The van der Waals surface area contributed by atoms with Crippen molar-refractivity contribution >= 4 is 33.3 Å². The molecule has 47 heavy (non-hydrogen) atoms. The summed E-state index contributed by atoms with van der Waals surface area (Å²) in [6.45, 7) is 6.39. The molecule has 10 heteroatoms. The van der Waals surface area contributed by atoms with Crippen molar-refractivity contribution in [2.75, 3.05) is 25.6 Å². The number of halogens is 1. The van der Waals surface area contributed by atoms with Gasteiger partial charge in [0.1, 0.15) is 23.9 Å². The van der Waals surface area contributed by atoms with E-state index in [1.54, 1.807) is 69.7 Å². The molecule has 0 atom stereocenters. The molecule has 6 rings (SSSR count). The molecule has 0 spiro atoms. The van der Waals surface area contributed by atoms with Crippen LogP contribution in [0.25, 0.3) is 32.9 Å². The SMILES string of the molecule is COCCn1cc(-c2cccc(C)c2)c(=O)c2c(Nc3ccc(Oc4ccnc5cc(OCC(C)(C)O)ccc45)c(F)c3)nccc21. The molecule has 0 aliphatic rings. The molecule has 9 nitrogen and oxygen atoms in total. The lowest BCUT2D eigenvalue weighted by molar-refractivity contribution is 0.0285. The summed E-state index contributed by atoms with van der Waals surface area (Å²) < 4.78 is 34.5. The van der Waals surface area contributed by atoms with Crippen LogP contribution in [0, 0.1) is 12.7 Å². The van der Waals surface area contributed by atoms with Crippen LogP contribution in [0.15, 0.2) is 96.2 Å². The van der Waals surface area contributed by atoms with Crippen LogP contribution in [0.2, 0.25) is 0 Å². The number of anilines is 2. The van der Waals surface area contributed by atoms with Crippen LogP contribution in [-0.4, -0.2) is 45.6 Å². The van der Waals surface area contributed by atoms with Gasteiger partial charge in [-0.15, -0.1) is 0 Å². The van der Waals surface area contributed by atoms with E-state index in [0.717, 1.165) is 11.1 Å². The van der Waals surface area contributed by atoms with Gasteiger partial charge in [-0.3, -0.25) is 9.78 Å². The Kier molecular flexibility index (Phi) is 8.88. The van der Waals surface area contributed by atoms with Crippen molar-refractivity contribution in [3.8, 4) is 28.4 Å². The van der Waals surface area contributed by atoms with Gasteiger partial charge in [-0.2, -0.15) is 0 Å². The summed E-state index contributed by atoms with van der Waals surface area (Å²) in [5.41, 5.74) is 2.87. The van der Waals surface area contributed by atoms with E-state index in [1.807, 2.05) is 42.0 Å². The predicted octanol–water partition coefficient (Wildman–Crippen LogP) is 7.39. The van der Waals surface area contributed by atoms with Crippen LogP contribution in [0.1, 0.15) is 19.4 Å². The molecule has 6 aromatic rings. The summed E-state index contributed by atoms with van der Waals surface area (Å²) >= 11 is 0. The summed E-state index contributed by atoms with van der Waals surface area (Å²) in [6, 6.07) is 21.0.